The van der Waals surface area contributed by atoms with Gasteiger partial charge in [0.05, 0.1) is 22.6 Å². The van der Waals surface area contributed by atoms with Crippen molar-refractivity contribution in [2.75, 3.05) is 41.5 Å². The molecular formula is C24H31FN4O4S. The second-order valence-electron chi connectivity index (χ2n) is 10.1. The van der Waals surface area contributed by atoms with Crippen LogP contribution in [0, 0.1) is 11.2 Å². The van der Waals surface area contributed by atoms with Crippen molar-refractivity contribution in [3.05, 3.63) is 41.7 Å². The van der Waals surface area contributed by atoms with E-state index in [1.807, 2.05) is 13.8 Å². The van der Waals surface area contributed by atoms with Crippen molar-refractivity contribution in [2.24, 2.45) is 5.41 Å². The minimum absolute atomic E-state index is 0.0515. The van der Waals surface area contributed by atoms with E-state index in [-0.39, 0.29) is 17.2 Å². The number of aliphatic hydroxyl groups excluding tert-OH is 1. The number of halogens is 1. The summed E-state index contributed by atoms with van der Waals surface area (Å²) < 4.78 is 37.8. The van der Waals surface area contributed by atoms with Crippen LogP contribution in [0.15, 0.2) is 35.2 Å². The van der Waals surface area contributed by atoms with E-state index in [4.69, 9.17) is 4.98 Å². The fourth-order valence-electron chi connectivity index (χ4n) is 4.24. The molecular weight excluding hydrogens is 459 g/mol. The lowest BCUT2D eigenvalue weighted by Gasteiger charge is -2.34. The Hall–Kier alpha value is -2.72. The molecule has 2 aromatic rings. The number of aliphatic hydroxyl groups is 1. The Labute approximate surface area is 199 Å². The Balaban J connectivity index is 1.64. The molecule has 0 unspecified atom stereocenters. The topological polar surface area (TPSA) is 112 Å². The van der Waals surface area contributed by atoms with E-state index in [2.05, 4.69) is 15.5 Å². The number of anilines is 3. The van der Waals surface area contributed by atoms with Crippen molar-refractivity contribution in [1.29, 1.82) is 0 Å². The predicted octanol–water partition coefficient (Wildman–Crippen LogP) is 3.44. The summed E-state index contributed by atoms with van der Waals surface area (Å²) in [5.41, 5.74) is 0.203. The van der Waals surface area contributed by atoms with Gasteiger partial charge >= 0.3 is 0 Å². The lowest BCUT2D eigenvalue weighted by atomic mass is 9.93. The Morgan fingerprint density at radius 1 is 1.18 bits per heavy atom. The molecule has 8 nitrogen and oxygen atoms in total. The van der Waals surface area contributed by atoms with Gasteiger partial charge in [0.1, 0.15) is 17.5 Å². The summed E-state index contributed by atoms with van der Waals surface area (Å²) in [7, 11) is -3.64. The van der Waals surface area contributed by atoms with E-state index in [0.29, 0.717) is 22.6 Å². The highest BCUT2D eigenvalue weighted by Gasteiger charge is 2.45. The number of hydrogen-bond donors (Lipinski definition) is 3. The van der Waals surface area contributed by atoms with E-state index in [1.54, 1.807) is 12.1 Å². The van der Waals surface area contributed by atoms with E-state index < -0.39 is 27.1 Å². The molecule has 1 saturated carbocycles. The molecule has 0 radical (unpaired) electrons. The maximum absolute atomic E-state index is 14.0. The van der Waals surface area contributed by atoms with Gasteiger partial charge in [0.25, 0.3) is 5.91 Å². The van der Waals surface area contributed by atoms with Crippen LogP contribution in [0.25, 0.3) is 0 Å². The van der Waals surface area contributed by atoms with Crippen molar-refractivity contribution < 1.29 is 22.7 Å². The van der Waals surface area contributed by atoms with Gasteiger partial charge in [-0.05, 0) is 75.3 Å². The van der Waals surface area contributed by atoms with E-state index >= 15 is 0 Å². The van der Waals surface area contributed by atoms with E-state index in [0.717, 1.165) is 44.3 Å². The first-order chi connectivity index (χ1) is 15.9. The zero-order valence-corrected chi connectivity index (χ0v) is 20.5. The van der Waals surface area contributed by atoms with Crippen LogP contribution < -0.4 is 15.5 Å². The van der Waals surface area contributed by atoms with Crippen LogP contribution in [0.4, 0.5) is 21.7 Å². The molecule has 1 amide bonds. The number of sulfone groups is 1. The molecule has 1 aromatic heterocycles. The van der Waals surface area contributed by atoms with Crippen LogP contribution in [0.5, 0.6) is 0 Å². The summed E-state index contributed by atoms with van der Waals surface area (Å²) in [6.45, 7) is 5.14. The van der Waals surface area contributed by atoms with Crippen molar-refractivity contribution in [3.8, 4) is 0 Å². The SMILES string of the molecule is CC(C)(CO)Nc1ccc(C(=O)Nc2cc(F)cc(S(C)(=O)=O)c2)c(N2CCC3(CC2)CC3)n1. The molecule has 3 N–H and O–H groups in total. The lowest BCUT2D eigenvalue weighted by Crippen LogP contribution is -2.38. The van der Waals surface area contributed by atoms with Gasteiger partial charge in [-0.2, -0.15) is 0 Å². The molecule has 10 heteroatoms. The highest BCUT2D eigenvalue weighted by molar-refractivity contribution is 7.90. The minimum Gasteiger partial charge on any atom is -0.394 e. The van der Waals surface area contributed by atoms with Crippen LogP contribution in [0.3, 0.4) is 0 Å². The monoisotopic (exact) mass is 490 g/mol. The molecule has 1 aliphatic carbocycles. The number of aromatic nitrogens is 1. The van der Waals surface area contributed by atoms with Gasteiger partial charge in [0, 0.05) is 25.0 Å². The van der Waals surface area contributed by atoms with Crippen LogP contribution in [-0.4, -0.2) is 55.9 Å². The first kappa shape index (κ1) is 24.4. The Morgan fingerprint density at radius 3 is 2.44 bits per heavy atom. The highest BCUT2D eigenvalue weighted by Crippen LogP contribution is 2.54. The molecule has 2 fully saturated rings. The van der Waals surface area contributed by atoms with Crippen LogP contribution in [-0.2, 0) is 9.84 Å². The average molecular weight is 491 g/mol. The van der Waals surface area contributed by atoms with Gasteiger partial charge < -0.3 is 20.6 Å². The average Bonchev–Trinajstić information content (AvgIpc) is 3.51. The Morgan fingerprint density at radius 2 is 1.85 bits per heavy atom. The maximum atomic E-state index is 14.0. The van der Waals surface area contributed by atoms with E-state index in [9.17, 15) is 22.7 Å². The second-order valence-corrected chi connectivity index (χ2v) is 12.1. The standard InChI is InChI=1S/C24H31FN4O4S/c1-23(2,15-30)28-20-5-4-19(21(27-20)29-10-8-24(6-7-24)9-11-29)22(31)26-17-12-16(25)13-18(14-17)34(3,32)33/h4-5,12-14,30H,6-11,15H2,1-3H3,(H,26,31)(H,27,28). The molecule has 1 aliphatic heterocycles. The number of piperidine rings is 1. The highest BCUT2D eigenvalue weighted by atomic mass is 32.2. The summed E-state index contributed by atoms with van der Waals surface area (Å²) >= 11 is 0. The number of nitrogens with zero attached hydrogens (tertiary/aromatic N) is 2. The number of carbonyl (C=O) groups is 1. The molecule has 1 spiro atoms. The van der Waals surface area contributed by atoms with Crippen molar-refractivity contribution in [3.63, 3.8) is 0 Å². The Kier molecular flexibility index (Phi) is 6.32. The van der Waals surface area contributed by atoms with Crippen molar-refractivity contribution in [2.45, 2.75) is 50.0 Å². The zero-order valence-electron chi connectivity index (χ0n) is 19.7. The molecule has 34 heavy (non-hydrogen) atoms. The molecule has 1 saturated heterocycles. The first-order valence-electron chi connectivity index (χ1n) is 11.4. The number of benzene rings is 1. The zero-order chi connectivity index (χ0) is 24.7. The maximum Gasteiger partial charge on any atom is 0.259 e. The number of rotatable bonds is 7. The molecule has 1 aromatic carbocycles. The minimum atomic E-state index is -3.64. The molecule has 184 valence electrons. The molecule has 4 rings (SSSR count). The molecule has 2 heterocycles. The van der Waals surface area contributed by atoms with Gasteiger partial charge in [-0.1, -0.05) is 0 Å². The largest absolute Gasteiger partial charge is 0.394 e. The van der Waals surface area contributed by atoms with Gasteiger partial charge in [-0.15, -0.1) is 0 Å². The second kappa shape index (κ2) is 8.81. The number of nitrogens with one attached hydrogen (secondary N) is 2. The smallest absolute Gasteiger partial charge is 0.259 e. The Bertz CT molecular complexity index is 1200. The molecule has 2 aliphatic rings. The summed E-state index contributed by atoms with van der Waals surface area (Å²) in [6, 6.07) is 6.54. The lowest BCUT2D eigenvalue weighted by molar-refractivity contribution is 0.102. The third-order valence-corrected chi connectivity index (χ3v) is 7.71. The number of carbonyl (C=O) groups excluding carboxylic acids is 1. The van der Waals surface area contributed by atoms with E-state index in [1.165, 1.54) is 18.9 Å². The number of pyridine rings is 1. The predicted molar refractivity (Wildman–Crippen MR) is 130 cm³/mol. The van der Waals surface area contributed by atoms with Gasteiger partial charge in [0.2, 0.25) is 0 Å². The van der Waals surface area contributed by atoms with Gasteiger partial charge in [-0.3, -0.25) is 4.79 Å². The van der Waals surface area contributed by atoms with Gasteiger partial charge in [0.15, 0.2) is 9.84 Å². The summed E-state index contributed by atoms with van der Waals surface area (Å²) in [5, 5.41) is 15.4. The van der Waals surface area contributed by atoms with Crippen LogP contribution in [0.1, 0.15) is 49.9 Å². The normalized spacial score (nSPS) is 17.5. The molecule has 0 bridgehead atoms. The fourth-order valence-corrected chi connectivity index (χ4v) is 4.91. The quantitative estimate of drug-likeness (QED) is 0.545. The number of hydrogen-bond acceptors (Lipinski definition) is 7. The van der Waals surface area contributed by atoms with Crippen LogP contribution in [0.2, 0.25) is 0 Å². The van der Waals surface area contributed by atoms with Crippen LogP contribution >= 0.6 is 0 Å². The summed E-state index contributed by atoms with van der Waals surface area (Å²) in [5.74, 6) is -0.228. The first-order valence-corrected chi connectivity index (χ1v) is 13.3. The fraction of sp³-hybridized carbons (Fsp3) is 0.500. The van der Waals surface area contributed by atoms with Crippen molar-refractivity contribution in [1.82, 2.24) is 4.98 Å². The molecule has 0 atom stereocenters. The van der Waals surface area contributed by atoms with Gasteiger partial charge in [-0.25, -0.2) is 17.8 Å². The number of amides is 1. The summed E-state index contributed by atoms with van der Waals surface area (Å²) in [6.07, 6.45) is 5.55. The third-order valence-electron chi connectivity index (χ3n) is 6.62. The third kappa shape index (κ3) is 5.50. The van der Waals surface area contributed by atoms with Crippen molar-refractivity contribution >= 4 is 33.1 Å². The summed E-state index contributed by atoms with van der Waals surface area (Å²) in [4.78, 5) is 19.8.